The predicted octanol–water partition coefficient (Wildman–Crippen LogP) is 4.71. The van der Waals surface area contributed by atoms with Gasteiger partial charge in [0.2, 0.25) is 5.91 Å². The molecule has 4 rings (SSSR count). The number of rotatable bonds is 4. The number of carbonyl (C=O) groups is 2. The van der Waals surface area contributed by atoms with Crippen LogP contribution in [0.1, 0.15) is 36.5 Å². The van der Waals surface area contributed by atoms with Crippen LogP contribution < -0.4 is 4.90 Å². The average Bonchev–Trinajstić information content (AvgIpc) is 3.51. The van der Waals surface area contributed by atoms with E-state index in [4.69, 9.17) is 0 Å². The Kier molecular flexibility index (Phi) is 7.04. The van der Waals surface area contributed by atoms with Gasteiger partial charge in [0.05, 0.1) is 29.2 Å². The van der Waals surface area contributed by atoms with Crippen molar-refractivity contribution >= 4 is 17.6 Å². The minimum atomic E-state index is -4.76. The first-order valence-electron chi connectivity index (χ1n) is 11.7. The third-order valence-electron chi connectivity index (χ3n) is 7.40. The first-order valence-corrected chi connectivity index (χ1v) is 11.7. The summed E-state index contributed by atoms with van der Waals surface area (Å²) in [6.07, 6.45) is -5.38. The number of alkyl halides is 6. The minimum Gasteiger partial charge on any atom is -0.322 e. The topological polar surface area (TPSA) is 61.7 Å². The summed E-state index contributed by atoms with van der Waals surface area (Å²) in [5, 5.41) is 4.05. The van der Waals surface area contributed by atoms with Crippen LogP contribution in [0.25, 0.3) is 0 Å². The van der Waals surface area contributed by atoms with Crippen LogP contribution >= 0.6 is 0 Å². The van der Waals surface area contributed by atoms with E-state index in [0.29, 0.717) is 49.8 Å². The lowest BCUT2D eigenvalue weighted by molar-refractivity contribution is -0.142. The molecule has 0 spiro atoms. The number of halogens is 6. The van der Waals surface area contributed by atoms with Gasteiger partial charge < -0.3 is 9.80 Å². The number of likely N-dealkylation sites (tertiary alicyclic amines) is 1. The van der Waals surface area contributed by atoms with E-state index in [1.807, 2.05) is 0 Å². The quantitative estimate of drug-likeness (QED) is 0.536. The monoisotopic (exact) mass is 531 g/mol. The normalized spacial score (nSPS) is 22.0. The molecule has 1 aliphatic heterocycles. The van der Waals surface area contributed by atoms with E-state index in [9.17, 15) is 35.9 Å². The molecule has 2 fully saturated rings. The molecule has 2 heterocycles. The van der Waals surface area contributed by atoms with Crippen LogP contribution in [0.4, 0.5) is 36.8 Å². The van der Waals surface area contributed by atoms with Crippen LogP contribution in [0.15, 0.2) is 30.6 Å². The van der Waals surface area contributed by atoms with Crippen molar-refractivity contribution in [1.82, 2.24) is 19.6 Å². The lowest BCUT2D eigenvalue weighted by atomic mass is 10.0. The van der Waals surface area contributed by atoms with Gasteiger partial charge in [-0.05, 0) is 55.5 Å². The van der Waals surface area contributed by atoms with Gasteiger partial charge >= 0.3 is 18.4 Å². The Bertz CT molecular complexity index is 1160. The van der Waals surface area contributed by atoms with Gasteiger partial charge in [0.15, 0.2) is 0 Å². The molecule has 0 N–H and O–H groups in total. The predicted molar refractivity (Wildman–Crippen MR) is 122 cm³/mol. The van der Waals surface area contributed by atoms with Crippen molar-refractivity contribution in [1.29, 1.82) is 0 Å². The van der Waals surface area contributed by atoms with Crippen molar-refractivity contribution in [3.63, 3.8) is 0 Å². The van der Waals surface area contributed by atoms with Crippen molar-refractivity contribution in [3.05, 3.63) is 47.3 Å². The summed E-state index contributed by atoms with van der Waals surface area (Å²) in [6, 6.07) is 1.08. The molecule has 0 unspecified atom stereocenters. The maximum Gasteiger partial charge on any atom is 0.416 e. The van der Waals surface area contributed by atoms with Gasteiger partial charge in [-0.3, -0.25) is 9.69 Å². The standard InChI is InChI=1S/C24H27F6N5O2/c1-14(36)33(3)20-9-31-35(13-20)22(37)34-11-15-7-19(8-16(15)12-34)32(2)10-17-6-18(23(25,26)27)4-5-21(17)24(28,29)30/h4-6,9,13,15-16,19H,7-8,10-12H2,1-3H3/t15-,16+,19+. The van der Waals surface area contributed by atoms with Gasteiger partial charge in [0.25, 0.3) is 0 Å². The molecule has 2 aliphatic rings. The van der Waals surface area contributed by atoms with Crippen LogP contribution in [0.2, 0.25) is 0 Å². The Hall–Kier alpha value is -3.09. The Morgan fingerprint density at radius 2 is 1.65 bits per heavy atom. The van der Waals surface area contributed by atoms with E-state index in [0.717, 1.165) is 0 Å². The summed E-state index contributed by atoms with van der Waals surface area (Å²) in [7, 11) is 3.19. The first kappa shape index (κ1) is 27.0. The third-order valence-corrected chi connectivity index (χ3v) is 7.40. The SMILES string of the molecule is CC(=O)N(C)c1cnn(C(=O)N2C[C@H]3C[C@H](N(C)Cc4cc(C(F)(F)F)ccc4C(F)(F)F)C[C@H]3C2)c1. The largest absolute Gasteiger partial charge is 0.416 e. The maximum absolute atomic E-state index is 13.5. The molecular formula is C24H27F6N5O2. The number of benzene rings is 1. The third kappa shape index (κ3) is 5.60. The summed E-state index contributed by atoms with van der Waals surface area (Å²) >= 11 is 0. The van der Waals surface area contributed by atoms with Crippen molar-refractivity contribution in [3.8, 4) is 0 Å². The fourth-order valence-electron chi connectivity index (χ4n) is 5.28. The lowest BCUT2D eigenvalue weighted by Gasteiger charge is -2.28. The molecule has 37 heavy (non-hydrogen) atoms. The number of carbonyl (C=O) groups excluding carboxylic acids is 2. The Balaban J connectivity index is 1.40. The van der Waals surface area contributed by atoms with Crippen molar-refractivity contribution in [2.24, 2.45) is 11.8 Å². The van der Waals surface area contributed by atoms with Gasteiger partial charge in [-0.2, -0.15) is 36.1 Å². The second-order valence-electron chi connectivity index (χ2n) is 9.84. The van der Waals surface area contributed by atoms with Gasteiger partial charge in [0, 0.05) is 39.6 Å². The van der Waals surface area contributed by atoms with E-state index in [-0.39, 0.29) is 36.4 Å². The van der Waals surface area contributed by atoms with Crippen LogP contribution in [0.5, 0.6) is 0 Å². The number of fused-ring (bicyclic) bond motifs is 1. The van der Waals surface area contributed by atoms with Gasteiger partial charge in [-0.25, -0.2) is 4.79 Å². The summed E-state index contributed by atoms with van der Waals surface area (Å²) in [5.74, 6) is 0.0372. The zero-order chi connectivity index (χ0) is 27.3. The fraction of sp³-hybridized carbons (Fsp3) is 0.542. The Labute approximate surface area is 209 Å². The molecule has 3 atom stereocenters. The Morgan fingerprint density at radius 1 is 1.03 bits per heavy atom. The van der Waals surface area contributed by atoms with Crippen LogP contribution in [-0.4, -0.2) is 64.7 Å². The van der Waals surface area contributed by atoms with Gasteiger partial charge in [-0.15, -0.1) is 0 Å². The number of nitrogens with zero attached hydrogens (tertiary/aromatic N) is 5. The van der Waals surface area contributed by atoms with E-state index in [2.05, 4.69) is 5.10 Å². The zero-order valence-electron chi connectivity index (χ0n) is 20.5. The van der Waals surface area contributed by atoms with E-state index < -0.39 is 29.0 Å². The van der Waals surface area contributed by atoms with Gasteiger partial charge in [0.1, 0.15) is 0 Å². The van der Waals surface area contributed by atoms with E-state index >= 15 is 0 Å². The molecule has 202 valence electrons. The van der Waals surface area contributed by atoms with E-state index in [1.54, 1.807) is 23.9 Å². The number of hydrogen-bond donors (Lipinski definition) is 0. The highest BCUT2D eigenvalue weighted by molar-refractivity contribution is 5.91. The molecule has 0 radical (unpaired) electrons. The van der Waals surface area contributed by atoms with Crippen molar-refractivity contribution in [2.45, 2.75) is 44.7 Å². The molecule has 2 aromatic rings. The van der Waals surface area contributed by atoms with Crippen LogP contribution in [0.3, 0.4) is 0 Å². The molecular weight excluding hydrogens is 504 g/mol. The molecule has 1 saturated carbocycles. The maximum atomic E-state index is 13.5. The zero-order valence-corrected chi connectivity index (χ0v) is 20.5. The highest BCUT2D eigenvalue weighted by atomic mass is 19.4. The fourth-order valence-corrected chi connectivity index (χ4v) is 5.28. The lowest BCUT2D eigenvalue weighted by Crippen LogP contribution is -2.36. The molecule has 0 bridgehead atoms. The molecule has 1 aliphatic carbocycles. The van der Waals surface area contributed by atoms with Crippen molar-refractivity contribution < 1.29 is 35.9 Å². The highest BCUT2D eigenvalue weighted by Gasteiger charge is 2.44. The van der Waals surface area contributed by atoms with Crippen LogP contribution in [0, 0.1) is 11.8 Å². The number of anilines is 1. The second-order valence-corrected chi connectivity index (χ2v) is 9.84. The first-order chi connectivity index (χ1) is 17.1. The van der Waals surface area contributed by atoms with E-state index in [1.165, 1.54) is 28.9 Å². The van der Waals surface area contributed by atoms with Crippen molar-refractivity contribution in [2.75, 3.05) is 32.1 Å². The minimum absolute atomic E-state index is 0.120. The molecule has 2 amide bonds. The number of hydrogen-bond acceptors (Lipinski definition) is 4. The molecule has 7 nitrogen and oxygen atoms in total. The van der Waals surface area contributed by atoms with Gasteiger partial charge in [-0.1, -0.05) is 0 Å². The summed E-state index contributed by atoms with van der Waals surface area (Å²) in [4.78, 5) is 29.1. The van der Waals surface area contributed by atoms with Crippen LogP contribution in [-0.2, 0) is 23.7 Å². The summed E-state index contributed by atoms with van der Waals surface area (Å²) < 4.78 is 81.0. The smallest absolute Gasteiger partial charge is 0.322 e. The Morgan fingerprint density at radius 3 is 2.19 bits per heavy atom. The molecule has 1 aromatic carbocycles. The number of amides is 2. The second kappa shape index (κ2) is 9.66. The molecule has 1 aromatic heterocycles. The molecule has 1 saturated heterocycles. The summed E-state index contributed by atoms with van der Waals surface area (Å²) in [6.45, 7) is 2.02. The summed E-state index contributed by atoms with van der Waals surface area (Å²) in [5.41, 5.74) is -2.12. The highest BCUT2D eigenvalue weighted by Crippen LogP contribution is 2.42. The number of aromatic nitrogens is 2. The molecule has 13 heteroatoms. The average molecular weight is 532 g/mol.